The van der Waals surface area contributed by atoms with Gasteiger partial charge in [-0.15, -0.1) is 0 Å². The molecule has 0 saturated heterocycles. The first-order valence-electron chi connectivity index (χ1n) is 5.33. The summed E-state index contributed by atoms with van der Waals surface area (Å²) < 4.78 is 5.09. The maximum Gasteiger partial charge on any atom is 0.313 e. The van der Waals surface area contributed by atoms with Gasteiger partial charge in [0.15, 0.2) is 0 Å². The smallest absolute Gasteiger partial charge is 0.313 e. The first-order valence-corrected chi connectivity index (χ1v) is 5.33. The third kappa shape index (κ3) is 2.17. The van der Waals surface area contributed by atoms with E-state index in [0.717, 1.165) is 24.8 Å². The highest BCUT2D eigenvalue weighted by atomic mass is 16.5. The van der Waals surface area contributed by atoms with Gasteiger partial charge in [0.2, 0.25) is 0 Å². The minimum Gasteiger partial charge on any atom is -0.466 e. The molecule has 1 saturated carbocycles. The average Bonchev–Trinajstić information content (AvgIpc) is 2.02. The van der Waals surface area contributed by atoms with Crippen LogP contribution in [-0.4, -0.2) is 12.6 Å². The SMILES string of the molecule is C=C1CCCC(C)(C)[C@H]1C(=O)OCC. The molecule has 2 heteroatoms. The van der Waals surface area contributed by atoms with E-state index in [1.807, 2.05) is 6.92 Å². The zero-order valence-corrected chi connectivity index (χ0v) is 9.43. The number of esters is 1. The van der Waals surface area contributed by atoms with Crippen LogP contribution in [0.15, 0.2) is 12.2 Å². The summed E-state index contributed by atoms with van der Waals surface area (Å²) >= 11 is 0. The van der Waals surface area contributed by atoms with Crippen LogP contribution in [0.3, 0.4) is 0 Å². The van der Waals surface area contributed by atoms with Crippen LogP contribution in [0.5, 0.6) is 0 Å². The lowest BCUT2D eigenvalue weighted by atomic mass is 9.67. The Hall–Kier alpha value is -0.790. The lowest BCUT2D eigenvalue weighted by Gasteiger charge is -2.38. The second-order valence-electron chi connectivity index (χ2n) is 4.69. The number of carbonyl (C=O) groups excluding carboxylic acids is 1. The quantitative estimate of drug-likeness (QED) is 0.501. The summed E-state index contributed by atoms with van der Waals surface area (Å²) in [7, 11) is 0. The predicted octanol–water partition coefficient (Wildman–Crippen LogP) is 2.93. The number of carbonyl (C=O) groups is 1. The second-order valence-corrected chi connectivity index (χ2v) is 4.69. The third-order valence-electron chi connectivity index (χ3n) is 3.03. The maximum atomic E-state index is 11.7. The van der Waals surface area contributed by atoms with E-state index in [1.165, 1.54) is 0 Å². The van der Waals surface area contributed by atoms with Crippen LogP contribution in [0.4, 0.5) is 0 Å². The highest BCUT2D eigenvalue weighted by Gasteiger charge is 2.40. The van der Waals surface area contributed by atoms with Crippen LogP contribution in [0.1, 0.15) is 40.0 Å². The molecule has 0 bridgehead atoms. The second kappa shape index (κ2) is 4.16. The van der Waals surface area contributed by atoms with Crippen molar-refractivity contribution in [3.8, 4) is 0 Å². The lowest BCUT2D eigenvalue weighted by Crippen LogP contribution is -2.36. The average molecular weight is 196 g/mol. The molecule has 0 N–H and O–H groups in total. The van der Waals surface area contributed by atoms with E-state index in [-0.39, 0.29) is 17.3 Å². The molecule has 0 aliphatic heterocycles. The van der Waals surface area contributed by atoms with Crippen molar-refractivity contribution in [2.45, 2.75) is 40.0 Å². The Labute approximate surface area is 86.3 Å². The third-order valence-corrected chi connectivity index (χ3v) is 3.03. The zero-order chi connectivity index (χ0) is 10.8. The van der Waals surface area contributed by atoms with Crippen LogP contribution < -0.4 is 0 Å². The summed E-state index contributed by atoms with van der Waals surface area (Å²) in [6.07, 6.45) is 3.18. The van der Waals surface area contributed by atoms with Gasteiger partial charge >= 0.3 is 5.97 Å². The molecule has 1 aliphatic rings. The van der Waals surface area contributed by atoms with Crippen molar-refractivity contribution in [1.29, 1.82) is 0 Å². The molecule has 0 heterocycles. The number of hydrogen-bond acceptors (Lipinski definition) is 2. The van der Waals surface area contributed by atoms with E-state index in [4.69, 9.17) is 4.74 Å². The minimum absolute atomic E-state index is 0.0155. The molecule has 2 nitrogen and oxygen atoms in total. The molecule has 0 aromatic heterocycles. The molecular formula is C12H20O2. The largest absolute Gasteiger partial charge is 0.466 e. The molecule has 1 atom stereocenters. The van der Waals surface area contributed by atoms with E-state index in [2.05, 4.69) is 20.4 Å². The Balaban J connectivity index is 2.79. The van der Waals surface area contributed by atoms with Gasteiger partial charge in [0.05, 0.1) is 12.5 Å². The van der Waals surface area contributed by atoms with Crippen LogP contribution >= 0.6 is 0 Å². The van der Waals surface area contributed by atoms with Crippen molar-refractivity contribution in [3.63, 3.8) is 0 Å². The molecule has 0 spiro atoms. The Morgan fingerprint density at radius 3 is 2.79 bits per heavy atom. The monoisotopic (exact) mass is 196 g/mol. The van der Waals surface area contributed by atoms with Gasteiger partial charge in [0.1, 0.15) is 0 Å². The lowest BCUT2D eigenvalue weighted by molar-refractivity contribution is -0.151. The molecule has 1 rings (SSSR count). The molecule has 0 radical (unpaired) electrons. The topological polar surface area (TPSA) is 26.3 Å². The van der Waals surface area contributed by atoms with Crippen LogP contribution in [0, 0.1) is 11.3 Å². The van der Waals surface area contributed by atoms with Gasteiger partial charge in [-0.05, 0) is 31.6 Å². The van der Waals surface area contributed by atoms with Gasteiger partial charge in [-0.2, -0.15) is 0 Å². The first-order chi connectivity index (χ1) is 6.49. The van der Waals surface area contributed by atoms with E-state index in [9.17, 15) is 4.79 Å². The summed E-state index contributed by atoms with van der Waals surface area (Å²) in [5.41, 5.74) is 1.06. The van der Waals surface area contributed by atoms with Gasteiger partial charge < -0.3 is 4.74 Å². The van der Waals surface area contributed by atoms with Crippen molar-refractivity contribution in [3.05, 3.63) is 12.2 Å². The van der Waals surface area contributed by atoms with Crippen molar-refractivity contribution in [2.24, 2.45) is 11.3 Å². The van der Waals surface area contributed by atoms with E-state index < -0.39 is 0 Å². The fraction of sp³-hybridized carbons (Fsp3) is 0.750. The molecule has 14 heavy (non-hydrogen) atoms. The van der Waals surface area contributed by atoms with Crippen LogP contribution in [-0.2, 0) is 9.53 Å². The standard InChI is InChI=1S/C12H20O2/c1-5-14-11(13)10-9(2)7-6-8-12(10,3)4/h10H,2,5-8H2,1,3-4H3/t10-/m1/s1. The highest BCUT2D eigenvalue weighted by molar-refractivity contribution is 5.76. The summed E-state index contributed by atoms with van der Waals surface area (Å²) in [5.74, 6) is -0.196. The van der Waals surface area contributed by atoms with E-state index in [0.29, 0.717) is 6.61 Å². The Morgan fingerprint density at radius 2 is 2.29 bits per heavy atom. The molecule has 0 aromatic carbocycles. The summed E-state index contributed by atoms with van der Waals surface area (Å²) in [6, 6.07) is 0. The highest BCUT2D eigenvalue weighted by Crippen LogP contribution is 2.43. The zero-order valence-electron chi connectivity index (χ0n) is 9.43. The predicted molar refractivity (Wildman–Crippen MR) is 56.9 cm³/mol. The molecule has 0 aromatic rings. The van der Waals surface area contributed by atoms with Gasteiger partial charge in [-0.25, -0.2) is 0 Å². The van der Waals surface area contributed by atoms with E-state index >= 15 is 0 Å². The fourth-order valence-corrected chi connectivity index (χ4v) is 2.32. The molecule has 80 valence electrons. The first kappa shape index (κ1) is 11.3. The van der Waals surface area contributed by atoms with Gasteiger partial charge in [-0.1, -0.05) is 26.0 Å². The van der Waals surface area contributed by atoms with Crippen molar-refractivity contribution in [2.75, 3.05) is 6.61 Å². The van der Waals surface area contributed by atoms with Gasteiger partial charge in [0.25, 0.3) is 0 Å². The van der Waals surface area contributed by atoms with Crippen LogP contribution in [0.2, 0.25) is 0 Å². The van der Waals surface area contributed by atoms with Crippen LogP contribution in [0.25, 0.3) is 0 Å². The van der Waals surface area contributed by atoms with Crippen molar-refractivity contribution < 1.29 is 9.53 Å². The van der Waals surface area contributed by atoms with E-state index in [1.54, 1.807) is 0 Å². The minimum atomic E-state index is -0.101. The maximum absolute atomic E-state index is 11.7. The fourth-order valence-electron chi connectivity index (χ4n) is 2.32. The molecule has 0 unspecified atom stereocenters. The Kier molecular flexibility index (Phi) is 3.35. The summed E-state index contributed by atoms with van der Waals surface area (Å²) in [6.45, 7) is 10.5. The molecular weight excluding hydrogens is 176 g/mol. The van der Waals surface area contributed by atoms with Crippen molar-refractivity contribution >= 4 is 5.97 Å². The molecule has 1 fully saturated rings. The number of hydrogen-bond donors (Lipinski definition) is 0. The summed E-state index contributed by atoms with van der Waals surface area (Å²) in [5, 5.41) is 0. The molecule has 0 amide bonds. The van der Waals surface area contributed by atoms with Crippen molar-refractivity contribution in [1.82, 2.24) is 0 Å². The number of rotatable bonds is 2. The Morgan fingerprint density at radius 1 is 1.64 bits per heavy atom. The van der Waals surface area contributed by atoms with Gasteiger partial charge in [0, 0.05) is 0 Å². The van der Waals surface area contributed by atoms with Gasteiger partial charge in [-0.3, -0.25) is 4.79 Å². The Bertz CT molecular complexity index is 241. The normalized spacial score (nSPS) is 25.9. The summed E-state index contributed by atoms with van der Waals surface area (Å²) in [4.78, 5) is 11.7. The molecule has 1 aliphatic carbocycles. The number of ether oxygens (including phenoxy) is 1.